The molecule has 98 valence electrons. The number of aryl methyl sites for hydroxylation is 1. The minimum Gasteiger partial charge on any atom is -0.334 e. The summed E-state index contributed by atoms with van der Waals surface area (Å²) in [7, 11) is 4.12. The lowest BCUT2D eigenvalue weighted by Crippen LogP contribution is -2.26. The smallest absolute Gasteiger partial charge is 0.105 e. The zero-order chi connectivity index (χ0) is 13.2. The van der Waals surface area contributed by atoms with Crippen LogP contribution in [0.1, 0.15) is 51.7 Å². The molecule has 0 radical (unpaired) electrons. The molecule has 0 aliphatic rings. The molecule has 0 aliphatic carbocycles. The van der Waals surface area contributed by atoms with Crippen LogP contribution in [0.5, 0.6) is 0 Å². The summed E-state index contributed by atoms with van der Waals surface area (Å²) in [6.45, 7) is 11.3. The van der Waals surface area contributed by atoms with E-state index in [0.717, 1.165) is 12.2 Å². The lowest BCUT2D eigenvalue weighted by atomic mass is 9.78. The first-order valence-electron chi connectivity index (χ1n) is 6.42. The zero-order valence-corrected chi connectivity index (χ0v) is 12.3. The van der Waals surface area contributed by atoms with Crippen LogP contribution in [0, 0.1) is 18.3 Å². The number of hydrogen-bond donors (Lipinski definition) is 1. The van der Waals surface area contributed by atoms with Gasteiger partial charge in [0.25, 0.3) is 0 Å². The Balaban J connectivity index is 2.83. The molecule has 3 heteroatoms. The van der Waals surface area contributed by atoms with Gasteiger partial charge in [-0.15, -0.1) is 0 Å². The molecule has 1 N–H and O–H groups in total. The maximum absolute atomic E-state index is 4.38. The highest BCUT2D eigenvalue weighted by Crippen LogP contribution is 2.33. The van der Waals surface area contributed by atoms with Crippen molar-refractivity contribution in [3.8, 4) is 0 Å². The SMILES string of the molecule is CNC(CC(C)C(C)(C)C)c1cnc(C)n1C. The fourth-order valence-corrected chi connectivity index (χ4v) is 1.94. The van der Waals surface area contributed by atoms with Crippen molar-refractivity contribution in [3.05, 3.63) is 17.7 Å². The summed E-state index contributed by atoms with van der Waals surface area (Å²) >= 11 is 0. The average Bonchev–Trinajstić information content (AvgIpc) is 2.55. The van der Waals surface area contributed by atoms with Crippen LogP contribution in [0.3, 0.4) is 0 Å². The van der Waals surface area contributed by atoms with E-state index < -0.39 is 0 Å². The van der Waals surface area contributed by atoms with Crippen molar-refractivity contribution >= 4 is 0 Å². The van der Waals surface area contributed by atoms with Gasteiger partial charge in [0.15, 0.2) is 0 Å². The Hall–Kier alpha value is -0.830. The Morgan fingerprint density at radius 1 is 1.41 bits per heavy atom. The first-order chi connectivity index (χ1) is 7.77. The highest BCUT2D eigenvalue weighted by atomic mass is 15.1. The molecule has 1 heterocycles. The molecule has 17 heavy (non-hydrogen) atoms. The van der Waals surface area contributed by atoms with Gasteiger partial charge >= 0.3 is 0 Å². The monoisotopic (exact) mass is 237 g/mol. The Morgan fingerprint density at radius 2 is 2.00 bits per heavy atom. The summed E-state index contributed by atoms with van der Waals surface area (Å²) in [5.74, 6) is 1.74. The summed E-state index contributed by atoms with van der Waals surface area (Å²) < 4.78 is 2.18. The third kappa shape index (κ3) is 3.32. The molecule has 0 spiro atoms. The fourth-order valence-electron chi connectivity index (χ4n) is 1.94. The van der Waals surface area contributed by atoms with Crippen LogP contribution in [0.25, 0.3) is 0 Å². The summed E-state index contributed by atoms with van der Waals surface area (Å²) in [6, 6.07) is 0.385. The van der Waals surface area contributed by atoms with E-state index in [1.165, 1.54) is 5.69 Å². The van der Waals surface area contributed by atoms with Crippen LogP contribution in [0.4, 0.5) is 0 Å². The summed E-state index contributed by atoms with van der Waals surface area (Å²) in [6.07, 6.45) is 3.13. The number of aromatic nitrogens is 2. The Labute approximate surface area is 106 Å². The van der Waals surface area contributed by atoms with E-state index >= 15 is 0 Å². The normalized spacial score (nSPS) is 15.9. The molecule has 1 rings (SSSR count). The van der Waals surface area contributed by atoms with Crippen molar-refractivity contribution in [3.63, 3.8) is 0 Å². The number of nitrogens with one attached hydrogen (secondary N) is 1. The first-order valence-corrected chi connectivity index (χ1v) is 6.42. The summed E-state index contributed by atoms with van der Waals surface area (Å²) in [5.41, 5.74) is 1.63. The number of hydrogen-bond acceptors (Lipinski definition) is 2. The second-order valence-electron chi connectivity index (χ2n) is 6.13. The molecule has 1 aromatic heterocycles. The molecule has 0 bridgehead atoms. The second kappa shape index (κ2) is 5.21. The van der Waals surface area contributed by atoms with Crippen LogP contribution >= 0.6 is 0 Å². The Morgan fingerprint density at radius 3 is 2.35 bits per heavy atom. The number of nitrogens with zero attached hydrogens (tertiary/aromatic N) is 2. The van der Waals surface area contributed by atoms with Crippen LogP contribution in [-0.4, -0.2) is 16.6 Å². The maximum Gasteiger partial charge on any atom is 0.105 e. The van der Waals surface area contributed by atoms with E-state index in [4.69, 9.17) is 0 Å². The quantitative estimate of drug-likeness (QED) is 0.872. The van der Waals surface area contributed by atoms with Crippen LogP contribution < -0.4 is 5.32 Å². The average molecular weight is 237 g/mol. The molecule has 0 saturated heterocycles. The molecular formula is C14H27N3. The van der Waals surface area contributed by atoms with Gasteiger partial charge in [-0.05, 0) is 31.7 Å². The molecule has 2 atom stereocenters. The van der Waals surface area contributed by atoms with Crippen molar-refractivity contribution in [2.24, 2.45) is 18.4 Å². The van der Waals surface area contributed by atoms with Gasteiger partial charge in [-0.3, -0.25) is 0 Å². The predicted molar refractivity (Wildman–Crippen MR) is 73.0 cm³/mol. The molecule has 0 amide bonds. The summed E-state index contributed by atoms with van der Waals surface area (Å²) in [4.78, 5) is 4.38. The molecular weight excluding hydrogens is 210 g/mol. The van der Waals surface area contributed by atoms with E-state index in [0.29, 0.717) is 17.4 Å². The topological polar surface area (TPSA) is 29.9 Å². The van der Waals surface area contributed by atoms with E-state index in [1.807, 2.05) is 20.2 Å². The predicted octanol–water partition coefficient (Wildman–Crippen LogP) is 3.06. The molecule has 1 aromatic rings. The van der Waals surface area contributed by atoms with Crippen molar-refractivity contribution < 1.29 is 0 Å². The third-order valence-electron chi connectivity index (χ3n) is 4.03. The van der Waals surface area contributed by atoms with Crippen LogP contribution in [-0.2, 0) is 7.05 Å². The first kappa shape index (κ1) is 14.2. The van der Waals surface area contributed by atoms with Gasteiger partial charge in [-0.1, -0.05) is 27.7 Å². The molecule has 0 aromatic carbocycles. The van der Waals surface area contributed by atoms with E-state index in [-0.39, 0.29) is 0 Å². The fraction of sp³-hybridized carbons (Fsp3) is 0.786. The van der Waals surface area contributed by atoms with Gasteiger partial charge in [0.05, 0.1) is 11.9 Å². The van der Waals surface area contributed by atoms with Crippen molar-refractivity contribution in [2.45, 2.75) is 47.1 Å². The van der Waals surface area contributed by atoms with Gasteiger partial charge in [0.1, 0.15) is 5.82 Å². The summed E-state index contributed by atoms with van der Waals surface area (Å²) in [5, 5.41) is 3.41. The minimum absolute atomic E-state index is 0.350. The Bertz CT molecular complexity index is 360. The molecule has 0 aliphatic heterocycles. The van der Waals surface area contributed by atoms with Gasteiger partial charge < -0.3 is 9.88 Å². The number of imidazole rings is 1. The van der Waals surface area contributed by atoms with Gasteiger partial charge in [0, 0.05) is 13.1 Å². The zero-order valence-electron chi connectivity index (χ0n) is 12.3. The highest BCUT2D eigenvalue weighted by molar-refractivity contribution is 5.09. The molecule has 3 nitrogen and oxygen atoms in total. The van der Waals surface area contributed by atoms with Crippen molar-refractivity contribution in [1.29, 1.82) is 0 Å². The maximum atomic E-state index is 4.38. The van der Waals surface area contributed by atoms with Gasteiger partial charge in [-0.25, -0.2) is 4.98 Å². The highest BCUT2D eigenvalue weighted by Gasteiger charge is 2.25. The van der Waals surface area contributed by atoms with Crippen molar-refractivity contribution in [2.75, 3.05) is 7.05 Å². The largest absolute Gasteiger partial charge is 0.334 e. The third-order valence-corrected chi connectivity index (χ3v) is 4.03. The molecule has 2 unspecified atom stereocenters. The lowest BCUT2D eigenvalue weighted by molar-refractivity contribution is 0.224. The second-order valence-corrected chi connectivity index (χ2v) is 6.13. The number of rotatable bonds is 4. The van der Waals surface area contributed by atoms with E-state index in [1.54, 1.807) is 0 Å². The van der Waals surface area contributed by atoms with Crippen LogP contribution in [0.15, 0.2) is 6.20 Å². The van der Waals surface area contributed by atoms with Gasteiger partial charge in [0.2, 0.25) is 0 Å². The molecule has 0 saturated carbocycles. The standard InChI is InChI=1S/C14H27N3/c1-10(14(3,4)5)8-12(15-6)13-9-16-11(2)17(13)7/h9-10,12,15H,8H2,1-7H3. The van der Waals surface area contributed by atoms with Gasteiger partial charge in [-0.2, -0.15) is 0 Å². The minimum atomic E-state index is 0.350. The van der Waals surface area contributed by atoms with Crippen LogP contribution in [0.2, 0.25) is 0 Å². The molecule has 0 fully saturated rings. The lowest BCUT2D eigenvalue weighted by Gasteiger charge is -2.30. The Kier molecular flexibility index (Phi) is 4.36. The van der Waals surface area contributed by atoms with E-state index in [9.17, 15) is 0 Å². The van der Waals surface area contributed by atoms with E-state index in [2.05, 4.69) is 49.6 Å². The van der Waals surface area contributed by atoms with Crippen molar-refractivity contribution in [1.82, 2.24) is 14.9 Å².